The van der Waals surface area contributed by atoms with E-state index in [0.29, 0.717) is 12.8 Å². The Hall–Kier alpha value is -1.42. The summed E-state index contributed by atoms with van der Waals surface area (Å²) in [5.74, 6) is -0.586. The van der Waals surface area contributed by atoms with Crippen molar-refractivity contribution in [3.8, 4) is 0 Å². The number of rotatable bonds is 5. The van der Waals surface area contributed by atoms with E-state index in [9.17, 15) is 9.18 Å². The van der Waals surface area contributed by atoms with Crippen LogP contribution in [-0.4, -0.2) is 11.1 Å². The normalized spacial score (nSPS) is 10.2. The quantitative estimate of drug-likeness (QED) is 0.459. The maximum Gasteiger partial charge on any atom is 0.243 e. The summed E-state index contributed by atoms with van der Waals surface area (Å²) in [5, 5.41) is 8.28. The van der Waals surface area contributed by atoms with Crippen LogP contribution in [0.3, 0.4) is 0 Å². The Morgan fingerprint density at radius 2 is 2.19 bits per heavy atom. The second-order valence-electron chi connectivity index (χ2n) is 3.81. The molecule has 3 nitrogen and oxygen atoms in total. The monoisotopic (exact) mass is 225 g/mol. The van der Waals surface area contributed by atoms with Gasteiger partial charge in [-0.15, -0.1) is 0 Å². The average Bonchev–Trinajstić information content (AvgIpc) is 2.26. The molecule has 0 aliphatic rings. The summed E-state index contributed by atoms with van der Waals surface area (Å²) < 4.78 is 12.8. The zero-order valence-corrected chi connectivity index (χ0v) is 9.29. The van der Waals surface area contributed by atoms with Crippen molar-refractivity contribution in [1.29, 1.82) is 0 Å². The highest BCUT2D eigenvalue weighted by atomic mass is 19.1. The van der Waals surface area contributed by atoms with E-state index in [4.69, 9.17) is 5.21 Å². The molecule has 0 aliphatic heterocycles. The Morgan fingerprint density at radius 1 is 1.44 bits per heavy atom. The van der Waals surface area contributed by atoms with Gasteiger partial charge in [0.2, 0.25) is 5.91 Å². The van der Waals surface area contributed by atoms with Crippen LogP contribution < -0.4 is 5.48 Å². The summed E-state index contributed by atoms with van der Waals surface area (Å²) in [4.78, 5) is 10.7. The first-order chi connectivity index (χ1) is 7.63. The number of hydrogen-bond acceptors (Lipinski definition) is 2. The molecule has 1 aromatic rings. The minimum atomic E-state index is -0.365. The van der Waals surface area contributed by atoms with E-state index in [1.807, 2.05) is 6.92 Å². The molecule has 0 aromatic heterocycles. The maximum atomic E-state index is 12.8. The molecule has 0 heterocycles. The number of unbranched alkanes of at least 4 members (excludes halogenated alkanes) is 1. The highest BCUT2D eigenvalue weighted by Crippen LogP contribution is 2.13. The van der Waals surface area contributed by atoms with Crippen LogP contribution in [-0.2, 0) is 11.2 Å². The van der Waals surface area contributed by atoms with E-state index in [0.717, 1.165) is 24.0 Å². The number of hydroxylamine groups is 1. The van der Waals surface area contributed by atoms with Gasteiger partial charge >= 0.3 is 0 Å². The van der Waals surface area contributed by atoms with Crippen LogP contribution in [0, 0.1) is 12.7 Å². The third-order valence-corrected chi connectivity index (χ3v) is 2.53. The molecule has 0 fully saturated rings. The number of hydrogen-bond donors (Lipinski definition) is 2. The first-order valence-electron chi connectivity index (χ1n) is 5.31. The molecule has 0 bridgehead atoms. The summed E-state index contributed by atoms with van der Waals surface area (Å²) in [6, 6.07) is 4.73. The van der Waals surface area contributed by atoms with E-state index in [1.165, 1.54) is 12.1 Å². The summed E-state index contributed by atoms with van der Waals surface area (Å²) in [7, 11) is 0. The Balaban J connectivity index is 2.35. The van der Waals surface area contributed by atoms with Crippen LogP contribution in [0.25, 0.3) is 0 Å². The highest BCUT2D eigenvalue weighted by Gasteiger charge is 2.02. The smallest absolute Gasteiger partial charge is 0.243 e. The lowest BCUT2D eigenvalue weighted by atomic mass is 10.0. The van der Waals surface area contributed by atoms with Crippen molar-refractivity contribution >= 4 is 5.91 Å². The van der Waals surface area contributed by atoms with Gasteiger partial charge in [0.1, 0.15) is 5.82 Å². The van der Waals surface area contributed by atoms with Crippen molar-refractivity contribution < 1.29 is 14.4 Å². The molecule has 16 heavy (non-hydrogen) atoms. The molecule has 0 radical (unpaired) electrons. The molecule has 0 unspecified atom stereocenters. The fourth-order valence-electron chi connectivity index (χ4n) is 1.60. The van der Waals surface area contributed by atoms with Gasteiger partial charge < -0.3 is 0 Å². The van der Waals surface area contributed by atoms with Crippen molar-refractivity contribution in [3.63, 3.8) is 0 Å². The van der Waals surface area contributed by atoms with E-state index in [-0.39, 0.29) is 11.7 Å². The Bertz CT molecular complexity index is 366. The number of carbonyl (C=O) groups excluding carboxylic acids is 1. The van der Waals surface area contributed by atoms with Crippen molar-refractivity contribution in [1.82, 2.24) is 5.48 Å². The van der Waals surface area contributed by atoms with Gasteiger partial charge in [0, 0.05) is 6.42 Å². The van der Waals surface area contributed by atoms with E-state index in [1.54, 1.807) is 11.5 Å². The molecule has 0 atom stereocenters. The fourth-order valence-corrected chi connectivity index (χ4v) is 1.60. The zero-order chi connectivity index (χ0) is 12.0. The molecule has 1 amide bonds. The highest BCUT2D eigenvalue weighted by molar-refractivity contribution is 5.74. The average molecular weight is 225 g/mol. The van der Waals surface area contributed by atoms with Gasteiger partial charge in [0.25, 0.3) is 0 Å². The van der Waals surface area contributed by atoms with Gasteiger partial charge in [-0.1, -0.05) is 6.07 Å². The lowest BCUT2D eigenvalue weighted by molar-refractivity contribution is -0.129. The van der Waals surface area contributed by atoms with Crippen molar-refractivity contribution in [2.75, 3.05) is 0 Å². The van der Waals surface area contributed by atoms with Crippen LogP contribution in [0.1, 0.15) is 30.4 Å². The Morgan fingerprint density at radius 3 is 2.81 bits per heavy atom. The van der Waals surface area contributed by atoms with E-state index in [2.05, 4.69) is 0 Å². The van der Waals surface area contributed by atoms with Gasteiger partial charge in [-0.3, -0.25) is 10.0 Å². The molecule has 0 aliphatic carbocycles. The van der Waals surface area contributed by atoms with Gasteiger partial charge in [-0.2, -0.15) is 0 Å². The predicted molar refractivity (Wildman–Crippen MR) is 58.6 cm³/mol. The summed E-state index contributed by atoms with van der Waals surface area (Å²) in [6.07, 6.45) is 2.70. The summed E-state index contributed by atoms with van der Waals surface area (Å²) in [6.45, 7) is 1.87. The Labute approximate surface area is 94.2 Å². The third kappa shape index (κ3) is 3.98. The van der Waals surface area contributed by atoms with Gasteiger partial charge in [-0.25, -0.2) is 9.87 Å². The molecule has 88 valence electrons. The molecular formula is C12H16FNO2. The second-order valence-corrected chi connectivity index (χ2v) is 3.81. The minimum Gasteiger partial charge on any atom is -0.289 e. The molecule has 0 saturated carbocycles. The number of amides is 1. The van der Waals surface area contributed by atoms with Gasteiger partial charge in [0.05, 0.1) is 0 Å². The topological polar surface area (TPSA) is 49.3 Å². The molecule has 0 saturated heterocycles. The van der Waals surface area contributed by atoms with Crippen molar-refractivity contribution in [2.45, 2.75) is 32.6 Å². The largest absolute Gasteiger partial charge is 0.289 e. The lowest BCUT2D eigenvalue weighted by Crippen LogP contribution is -2.17. The molecule has 0 spiro atoms. The molecule has 1 aromatic carbocycles. The van der Waals surface area contributed by atoms with E-state index >= 15 is 0 Å². The third-order valence-electron chi connectivity index (χ3n) is 2.53. The van der Waals surface area contributed by atoms with E-state index < -0.39 is 0 Å². The SMILES string of the molecule is Cc1cc(F)ccc1CCCCC(=O)NO. The number of benzene rings is 1. The lowest BCUT2D eigenvalue weighted by Gasteiger charge is -2.05. The molecule has 2 N–H and O–H groups in total. The summed E-state index contributed by atoms with van der Waals surface area (Å²) in [5.41, 5.74) is 3.63. The number of carbonyl (C=O) groups is 1. The van der Waals surface area contributed by atoms with Gasteiger partial charge in [-0.05, 0) is 49.4 Å². The minimum absolute atomic E-state index is 0.221. The number of halogens is 1. The first kappa shape index (κ1) is 12.6. The van der Waals surface area contributed by atoms with Crippen LogP contribution in [0.15, 0.2) is 18.2 Å². The first-order valence-corrected chi connectivity index (χ1v) is 5.31. The number of aryl methyl sites for hydroxylation is 2. The maximum absolute atomic E-state index is 12.8. The predicted octanol–water partition coefficient (Wildman–Crippen LogP) is 2.35. The number of nitrogens with one attached hydrogen (secondary N) is 1. The zero-order valence-electron chi connectivity index (χ0n) is 9.29. The van der Waals surface area contributed by atoms with Crippen molar-refractivity contribution in [2.24, 2.45) is 0 Å². The van der Waals surface area contributed by atoms with Gasteiger partial charge in [0.15, 0.2) is 0 Å². The Kier molecular flexibility index (Phi) is 4.92. The van der Waals surface area contributed by atoms with Crippen LogP contribution >= 0.6 is 0 Å². The summed E-state index contributed by atoms with van der Waals surface area (Å²) >= 11 is 0. The molecule has 1 rings (SSSR count). The second kappa shape index (κ2) is 6.23. The standard InChI is InChI=1S/C12H16FNO2/c1-9-8-11(13)7-6-10(9)4-2-3-5-12(15)14-16/h6-8,16H,2-5H2,1H3,(H,14,15). The fraction of sp³-hybridized carbons (Fsp3) is 0.417. The van der Waals surface area contributed by atoms with Crippen LogP contribution in [0.5, 0.6) is 0 Å². The van der Waals surface area contributed by atoms with Crippen LogP contribution in [0.2, 0.25) is 0 Å². The van der Waals surface area contributed by atoms with Crippen LogP contribution in [0.4, 0.5) is 4.39 Å². The molecular weight excluding hydrogens is 209 g/mol. The molecule has 4 heteroatoms. The van der Waals surface area contributed by atoms with Crippen molar-refractivity contribution in [3.05, 3.63) is 35.1 Å².